The molecule has 0 aliphatic rings. The zero-order valence-corrected chi connectivity index (χ0v) is 8.55. The highest BCUT2D eigenvalue weighted by atomic mass is 35.5. The van der Waals surface area contributed by atoms with Crippen molar-refractivity contribution >= 4 is 11.6 Å². The van der Waals surface area contributed by atoms with Gasteiger partial charge in [-0.3, -0.25) is 0 Å². The number of hydrogen-bond donors (Lipinski definition) is 0. The molecule has 0 unspecified atom stereocenters. The fourth-order valence-corrected chi connectivity index (χ4v) is 1.15. The average Bonchev–Trinajstić information content (AvgIpc) is 2.13. The van der Waals surface area contributed by atoms with Crippen LogP contribution in [-0.4, -0.2) is 11.6 Å². The molecule has 0 amide bonds. The Morgan fingerprint density at radius 2 is 2.23 bits per heavy atom. The van der Waals surface area contributed by atoms with Crippen LogP contribution in [0.2, 0.25) is 5.15 Å². The highest BCUT2D eigenvalue weighted by Gasteiger charge is 1.95. The van der Waals surface area contributed by atoms with Gasteiger partial charge in [-0.05, 0) is 12.5 Å². The second kappa shape index (κ2) is 5.81. The Bertz CT molecular complexity index is 252. The quantitative estimate of drug-likeness (QED) is 0.536. The first-order chi connectivity index (χ1) is 6.33. The van der Waals surface area contributed by atoms with E-state index in [0.29, 0.717) is 11.0 Å². The smallest absolute Gasteiger partial charge is 0.214 e. The molecule has 1 heterocycles. The van der Waals surface area contributed by atoms with Crippen molar-refractivity contribution in [2.75, 3.05) is 6.61 Å². The third-order valence-corrected chi connectivity index (χ3v) is 1.90. The highest BCUT2D eigenvalue weighted by molar-refractivity contribution is 6.29. The number of nitrogens with zero attached hydrogens (tertiary/aromatic N) is 1. The van der Waals surface area contributed by atoms with E-state index in [1.165, 1.54) is 12.8 Å². The number of ether oxygens (including phenoxy) is 1. The Hall–Kier alpha value is -0.760. The molecule has 0 atom stereocenters. The van der Waals surface area contributed by atoms with Crippen molar-refractivity contribution in [3.63, 3.8) is 0 Å². The Morgan fingerprint density at radius 3 is 2.92 bits per heavy atom. The summed E-state index contributed by atoms with van der Waals surface area (Å²) in [7, 11) is 0. The van der Waals surface area contributed by atoms with Crippen LogP contribution in [-0.2, 0) is 0 Å². The summed E-state index contributed by atoms with van der Waals surface area (Å²) in [4.78, 5) is 4.01. The zero-order valence-electron chi connectivity index (χ0n) is 7.79. The van der Waals surface area contributed by atoms with E-state index in [9.17, 15) is 0 Å². The molecule has 13 heavy (non-hydrogen) atoms. The fraction of sp³-hybridized carbons (Fsp3) is 0.500. The molecule has 3 heteroatoms. The zero-order chi connectivity index (χ0) is 9.52. The van der Waals surface area contributed by atoms with Gasteiger partial charge >= 0.3 is 0 Å². The van der Waals surface area contributed by atoms with Gasteiger partial charge in [0.1, 0.15) is 5.15 Å². The monoisotopic (exact) mass is 199 g/mol. The van der Waals surface area contributed by atoms with Gasteiger partial charge in [0.15, 0.2) is 0 Å². The second-order valence-corrected chi connectivity index (χ2v) is 3.24. The van der Waals surface area contributed by atoms with Crippen molar-refractivity contribution in [2.24, 2.45) is 0 Å². The highest BCUT2D eigenvalue weighted by Crippen LogP contribution is 2.11. The van der Waals surface area contributed by atoms with Gasteiger partial charge in [0.05, 0.1) is 6.61 Å². The molecule has 1 aromatic heterocycles. The molecule has 2 nitrogen and oxygen atoms in total. The van der Waals surface area contributed by atoms with Gasteiger partial charge in [0.25, 0.3) is 0 Å². The van der Waals surface area contributed by atoms with Gasteiger partial charge in [-0.2, -0.15) is 0 Å². The maximum atomic E-state index is 5.69. The van der Waals surface area contributed by atoms with Crippen LogP contribution in [0.4, 0.5) is 0 Å². The first-order valence-corrected chi connectivity index (χ1v) is 4.96. The standard InChI is InChI=1S/C10H14ClNO/c1-2-3-4-8-13-10-7-5-6-9(11)12-10/h5-7H,2-4,8H2,1H3. The molecule has 0 bridgehead atoms. The molecular formula is C10H14ClNO. The minimum absolute atomic E-state index is 0.480. The summed E-state index contributed by atoms with van der Waals surface area (Å²) in [6.07, 6.45) is 3.47. The predicted molar refractivity (Wildman–Crippen MR) is 54.3 cm³/mol. The van der Waals surface area contributed by atoms with E-state index in [0.717, 1.165) is 13.0 Å². The molecule has 0 N–H and O–H groups in total. The van der Waals surface area contributed by atoms with Gasteiger partial charge in [-0.1, -0.05) is 37.4 Å². The molecule has 0 radical (unpaired) electrons. The first kappa shape index (κ1) is 10.3. The third kappa shape index (κ3) is 4.13. The molecule has 0 saturated heterocycles. The SMILES string of the molecule is CCCCCOc1cccc(Cl)n1. The Balaban J connectivity index is 2.28. The number of halogens is 1. The third-order valence-electron chi connectivity index (χ3n) is 1.69. The lowest BCUT2D eigenvalue weighted by atomic mass is 10.3. The molecule has 72 valence electrons. The summed E-state index contributed by atoms with van der Waals surface area (Å²) in [6, 6.07) is 5.39. The molecule has 0 aromatic carbocycles. The summed E-state index contributed by atoms with van der Waals surface area (Å²) in [5.41, 5.74) is 0. The molecule has 0 aliphatic carbocycles. The predicted octanol–water partition coefficient (Wildman–Crippen LogP) is 3.30. The number of hydrogen-bond acceptors (Lipinski definition) is 2. The van der Waals surface area contributed by atoms with E-state index in [1.54, 1.807) is 6.07 Å². The van der Waals surface area contributed by atoms with Gasteiger partial charge < -0.3 is 4.74 Å². The summed E-state index contributed by atoms with van der Waals surface area (Å²) >= 11 is 5.69. The van der Waals surface area contributed by atoms with Gasteiger partial charge in [-0.15, -0.1) is 0 Å². The van der Waals surface area contributed by atoms with Crippen LogP contribution in [0, 0.1) is 0 Å². The fourth-order valence-electron chi connectivity index (χ4n) is 0.999. The summed E-state index contributed by atoms with van der Waals surface area (Å²) in [5.74, 6) is 0.614. The molecule has 0 aliphatic heterocycles. The van der Waals surface area contributed by atoms with E-state index in [-0.39, 0.29) is 0 Å². The van der Waals surface area contributed by atoms with Crippen LogP contribution >= 0.6 is 11.6 Å². The second-order valence-electron chi connectivity index (χ2n) is 2.85. The molecular weight excluding hydrogens is 186 g/mol. The number of rotatable bonds is 5. The van der Waals surface area contributed by atoms with Crippen molar-refractivity contribution in [2.45, 2.75) is 26.2 Å². The molecule has 1 aromatic rings. The summed E-state index contributed by atoms with van der Waals surface area (Å²) < 4.78 is 5.39. The van der Waals surface area contributed by atoms with Crippen molar-refractivity contribution < 1.29 is 4.74 Å². The lowest BCUT2D eigenvalue weighted by molar-refractivity contribution is 0.295. The number of pyridine rings is 1. The average molecular weight is 200 g/mol. The van der Waals surface area contributed by atoms with Crippen molar-refractivity contribution in [1.82, 2.24) is 4.98 Å². The minimum Gasteiger partial charge on any atom is -0.478 e. The summed E-state index contributed by atoms with van der Waals surface area (Å²) in [6.45, 7) is 2.89. The van der Waals surface area contributed by atoms with E-state index in [4.69, 9.17) is 16.3 Å². The van der Waals surface area contributed by atoms with Crippen LogP contribution < -0.4 is 4.74 Å². The summed E-state index contributed by atoms with van der Waals surface area (Å²) in [5, 5.41) is 0.480. The number of aromatic nitrogens is 1. The van der Waals surface area contributed by atoms with Crippen molar-refractivity contribution in [3.8, 4) is 5.88 Å². The number of unbranched alkanes of at least 4 members (excludes halogenated alkanes) is 2. The Morgan fingerprint density at radius 1 is 1.38 bits per heavy atom. The lowest BCUT2D eigenvalue weighted by Crippen LogP contribution is -1.98. The topological polar surface area (TPSA) is 22.1 Å². The van der Waals surface area contributed by atoms with E-state index in [2.05, 4.69) is 11.9 Å². The van der Waals surface area contributed by atoms with Gasteiger partial charge in [-0.25, -0.2) is 4.98 Å². The molecule has 0 fully saturated rings. The van der Waals surface area contributed by atoms with E-state index in [1.807, 2.05) is 12.1 Å². The molecule has 0 spiro atoms. The van der Waals surface area contributed by atoms with E-state index < -0.39 is 0 Å². The van der Waals surface area contributed by atoms with Crippen molar-refractivity contribution in [3.05, 3.63) is 23.4 Å². The van der Waals surface area contributed by atoms with E-state index >= 15 is 0 Å². The molecule has 0 saturated carbocycles. The Kier molecular flexibility index (Phi) is 4.61. The maximum absolute atomic E-state index is 5.69. The minimum atomic E-state index is 0.480. The van der Waals surface area contributed by atoms with Crippen LogP contribution in [0.1, 0.15) is 26.2 Å². The first-order valence-electron chi connectivity index (χ1n) is 4.58. The van der Waals surface area contributed by atoms with Gasteiger partial charge in [0.2, 0.25) is 5.88 Å². The largest absolute Gasteiger partial charge is 0.478 e. The van der Waals surface area contributed by atoms with Crippen LogP contribution in [0.25, 0.3) is 0 Å². The van der Waals surface area contributed by atoms with Crippen LogP contribution in [0.3, 0.4) is 0 Å². The maximum Gasteiger partial charge on any atom is 0.214 e. The normalized spacial score (nSPS) is 10.0. The van der Waals surface area contributed by atoms with Crippen LogP contribution in [0.5, 0.6) is 5.88 Å². The van der Waals surface area contributed by atoms with Gasteiger partial charge in [0, 0.05) is 6.07 Å². The van der Waals surface area contributed by atoms with Crippen molar-refractivity contribution in [1.29, 1.82) is 0 Å². The Labute approximate surface area is 83.9 Å². The lowest BCUT2D eigenvalue weighted by Gasteiger charge is -2.03. The molecule has 1 rings (SSSR count). The van der Waals surface area contributed by atoms with Crippen LogP contribution in [0.15, 0.2) is 18.2 Å².